The summed E-state index contributed by atoms with van der Waals surface area (Å²) in [5, 5.41) is 11.3. The first-order chi connectivity index (χ1) is 9.94. The average Bonchev–Trinajstić information content (AvgIpc) is 2.45. The van der Waals surface area contributed by atoms with E-state index < -0.39 is 11.9 Å². The SMILES string of the molecule is COc1ccc(/C=C(/NC(C)=O)C(=O)O)c(OC)c1OC. The van der Waals surface area contributed by atoms with Crippen molar-refractivity contribution in [2.75, 3.05) is 21.3 Å². The smallest absolute Gasteiger partial charge is 0.352 e. The van der Waals surface area contributed by atoms with Crippen molar-refractivity contribution in [2.45, 2.75) is 6.92 Å². The molecule has 0 unspecified atom stereocenters. The van der Waals surface area contributed by atoms with E-state index in [-0.39, 0.29) is 5.70 Å². The molecule has 0 aliphatic carbocycles. The number of carboxylic acids is 1. The van der Waals surface area contributed by atoms with Crippen LogP contribution in [0.2, 0.25) is 0 Å². The van der Waals surface area contributed by atoms with Gasteiger partial charge in [-0.1, -0.05) is 0 Å². The van der Waals surface area contributed by atoms with E-state index in [2.05, 4.69) is 5.32 Å². The van der Waals surface area contributed by atoms with E-state index in [1.165, 1.54) is 34.3 Å². The zero-order valence-corrected chi connectivity index (χ0v) is 12.2. The van der Waals surface area contributed by atoms with Gasteiger partial charge in [0.15, 0.2) is 11.5 Å². The van der Waals surface area contributed by atoms with E-state index in [4.69, 9.17) is 19.3 Å². The third-order valence-corrected chi connectivity index (χ3v) is 2.58. The van der Waals surface area contributed by atoms with Crippen molar-refractivity contribution < 1.29 is 28.9 Å². The van der Waals surface area contributed by atoms with Gasteiger partial charge in [-0.05, 0) is 18.2 Å². The molecule has 0 aliphatic heterocycles. The van der Waals surface area contributed by atoms with E-state index in [1.54, 1.807) is 12.1 Å². The van der Waals surface area contributed by atoms with E-state index >= 15 is 0 Å². The Morgan fingerprint density at radius 1 is 1.10 bits per heavy atom. The van der Waals surface area contributed by atoms with Crippen LogP contribution in [0.1, 0.15) is 12.5 Å². The van der Waals surface area contributed by atoms with Gasteiger partial charge in [0, 0.05) is 12.5 Å². The molecule has 7 nitrogen and oxygen atoms in total. The summed E-state index contributed by atoms with van der Waals surface area (Å²) in [4.78, 5) is 22.2. The molecule has 0 aliphatic rings. The number of carbonyl (C=O) groups excluding carboxylic acids is 1. The van der Waals surface area contributed by atoms with Gasteiger partial charge in [-0.15, -0.1) is 0 Å². The number of nitrogens with one attached hydrogen (secondary N) is 1. The van der Waals surface area contributed by atoms with Gasteiger partial charge in [0.25, 0.3) is 0 Å². The van der Waals surface area contributed by atoms with Crippen molar-refractivity contribution in [3.63, 3.8) is 0 Å². The molecule has 0 radical (unpaired) electrons. The van der Waals surface area contributed by atoms with Crippen LogP contribution < -0.4 is 19.5 Å². The number of aliphatic carboxylic acids is 1. The molecule has 21 heavy (non-hydrogen) atoms. The molecule has 114 valence electrons. The topological polar surface area (TPSA) is 94.1 Å². The molecule has 1 amide bonds. The fraction of sp³-hybridized carbons (Fsp3) is 0.286. The Morgan fingerprint density at radius 3 is 2.14 bits per heavy atom. The van der Waals surface area contributed by atoms with E-state index in [0.29, 0.717) is 22.8 Å². The zero-order valence-electron chi connectivity index (χ0n) is 12.2. The molecule has 0 aromatic heterocycles. The van der Waals surface area contributed by atoms with Crippen LogP contribution in [0.3, 0.4) is 0 Å². The minimum absolute atomic E-state index is 0.270. The molecular weight excluding hydrogens is 278 g/mol. The molecule has 1 rings (SSSR count). The summed E-state index contributed by atoms with van der Waals surface area (Å²) in [6.45, 7) is 1.22. The average molecular weight is 295 g/mol. The largest absolute Gasteiger partial charge is 0.493 e. The van der Waals surface area contributed by atoms with E-state index in [0.717, 1.165) is 0 Å². The molecule has 0 fully saturated rings. The molecular formula is C14H17NO6. The number of ether oxygens (including phenoxy) is 3. The van der Waals surface area contributed by atoms with Gasteiger partial charge >= 0.3 is 5.97 Å². The highest BCUT2D eigenvalue weighted by Gasteiger charge is 2.17. The normalized spacial score (nSPS) is 10.8. The summed E-state index contributed by atoms with van der Waals surface area (Å²) in [6.07, 6.45) is 1.28. The van der Waals surface area contributed by atoms with Crippen molar-refractivity contribution in [1.82, 2.24) is 5.32 Å². The van der Waals surface area contributed by atoms with Gasteiger partial charge in [0.05, 0.1) is 21.3 Å². The third kappa shape index (κ3) is 3.88. The molecule has 0 saturated carbocycles. The lowest BCUT2D eigenvalue weighted by Gasteiger charge is -2.14. The monoisotopic (exact) mass is 295 g/mol. The quantitative estimate of drug-likeness (QED) is 0.768. The summed E-state index contributed by atoms with van der Waals surface area (Å²) in [6, 6.07) is 3.21. The van der Waals surface area contributed by atoms with Crippen LogP contribution in [0.5, 0.6) is 17.2 Å². The van der Waals surface area contributed by atoms with Crippen LogP contribution in [0.15, 0.2) is 17.8 Å². The minimum atomic E-state index is -1.26. The Hall–Kier alpha value is -2.70. The van der Waals surface area contributed by atoms with Crippen molar-refractivity contribution >= 4 is 18.0 Å². The summed E-state index contributed by atoms with van der Waals surface area (Å²) in [5.74, 6) is -0.657. The molecule has 0 spiro atoms. The Balaban J connectivity index is 3.41. The molecule has 2 N–H and O–H groups in total. The third-order valence-electron chi connectivity index (χ3n) is 2.58. The molecule has 1 aromatic carbocycles. The van der Waals surface area contributed by atoms with Crippen LogP contribution in [0.4, 0.5) is 0 Å². The second-order valence-corrected chi connectivity index (χ2v) is 3.97. The number of methoxy groups -OCH3 is 3. The molecule has 0 atom stereocenters. The van der Waals surface area contributed by atoms with E-state index in [9.17, 15) is 9.59 Å². The minimum Gasteiger partial charge on any atom is -0.493 e. The number of hydrogen-bond donors (Lipinski definition) is 2. The van der Waals surface area contributed by atoms with Gasteiger partial charge in [-0.25, -0.2) is 4.79 Å². The van der Waals surface area contributed by atoms with Crippen LogP contribution >= 0.6 is 0 Å². The van der Waals surface area contributed by atoms with Crippen LogP contribution in [-0.4, -0.2) is 38.3 Å². The number of benzene rings is 1. The highest BCUT2D eigenvalue weighted by molar-refractivity contribution is 5.96. The van der Waals surface area contributed by atoms with E-state index in [1.807, 2.05) is 0 Å². The summed E-state index contributed by atoms with van der Waals surface area (Å²) in [5.41, 5.74) is 0.161. The van der Waals surface area contributed by atoms with Crippen molar-refractivity contribution in [1.29, 1.82) is 0 Å². The number of carboxylic acid groups (broad SMARTS) is 1. The Labute approximate surface area is 122 Å². The first kappa shape index (κ1) is 16.4. The molecule has 1 aromatic rings. The Bertz CT molecular complexity index is 579. The second kappa shape index (κ2) is 7.18. The van der Waals surface area contributed by atoms with Gasteiger partial charge in [0.1, 0.15) is 5.70 Å². The molecule has 7 heteroatoms. The lowest BCUT2D eigenvalue weighted by molar-refractivity contribution is -0.134. The number of hydrogen-bond acceptors (Lipinski definition) is 5. The lowest BCUT2D eigenvalue weighted by atomic mass is 10.1. The van der Waals surface area contributed by atoms with Gasteiger partial charge in [0.2, 0.25) is 11.7 Å². The molecule has 0 heterocycles. The van der Waals surface area contributed by atoms with Crippen LogP contribution in [-0.2, 0) is 9.59 Å². The summed E-state index contributed by atoms with van der Waals surface area (Å²) < 4.78 is 15.6. The highest BCUT2D eigenvalue weighted by Crippen LogP contribution is 2.40. The van der Waals surface area contributed by atoms with Crippen LogP contribution in [0, 0.1) is 0 Å². The van der Waals surface area contributed by atoms with Gasteiger partial charge in [-0.2, -0.15) is 0 Å². The maximum absolute atomic E-state index is 11.1. The van der Waals surface area contributed by atoms with Crippen molar-refractivity contribution in [3.05, 3.63) is 23.4 Å². The Kier molecular flexibility index (Phi) is 5.59. The second-order valence-electron chi connectivity index (χ2n) is 3.97. The fourth-order valence-electron chi connectivity index (χ4n) is 1.73. The standard InChI is InChI=1S/C14H17NO6/c1-8(16)15-10(14(17)18)7-9-5-6-11(19-2)13(21-4)12(9)20-3/h5-7H,1-4H3,(H,15,16)(H,17,18)/b10-7+. The zero-order chi connectivity index (χ0) is 16.0. The maximum Gasteiger partial charge on any atom is 0.352 e. The van der Waals surface area contributed by atoms with Crippen molar-refractivity contribution in [2.24, 2.45) is 0 Å². The van der Waals surface area contributed by atoms with Crippen LogP contribution in [0.25, 0.3) is 6.08 Å². The summed E-state index contributed by atoms with van der Waals surface area (Å²) in [7, 11) is 4.35. The van der Waals surface area contributed by atoms with Gasteiger partial charge < -0.3 is 24.6 Å². The molecule has 0 saturated heterocycles. The lowest BCUT2D eigenvalue weighted by Crippen LogP contribution is -2.24. The highest BCUT2D eigenvalue weighted by atomic mass is 16.5. The predicted molar refractivity (Wildman–Crippen MR) is 75.5 cm³/mol. The number of rotatable bonds is 6. The van der Waals surface area contributed by atoms with Crippen molar-refractivity contribution in [3.8, 4) is 17.2 Å². The van der Waals surface area contributed by atoms with Gasteiger partial charge in [-0.3, -0.25) is 4.79 Å². The maximum atomic E-state index is 11.1. The summed E-state index contributed by atoms with van der Waals surface area (Å²) >= 11 is 0. The number of carbonyl (C=O) groups is 2. The number of amides is 1. The Morgan fingerprint density at radius 2 is 1.71 bits per heavy atom. The molecule has 0 bridgehead atoms. The first-order valence-corrected chi connectivity index (χ1v) is 5.96. The first-order valence-electron chi connectivity index (χ1n) is 5.96. The predicted octanol–water partition coefficient (Wildman–Crippen LogP) is 1.27. The fourth-order valence-corrected chi connectivity index (χ4v) is 1.73.